The molecule has 0 fully saturated rings. The topological polar surface area (TPSA) is 117 Å². The van der Waals surface area contributed by atoms with Crippen LogP contribution in [0.15, 0.2) is 72.8 Å². The summed E-state index contributed by atoms with van der Waals surface area (Å²) < 4.78 is 13.4. The fourth-order valence-electron chi connectivity index (χ4n) is 3.15. The highest BCUT2D eigenvalue weighted by Crippen LogP contribution is 2.19. The lowest BCUT2D eigenvalue weighted by Gasteiger charge is -2.23. The molecule has 0 aliphatic heterocycles. The minimum absolute atomic E-state index is 0.0940. The predicted molar refractivity (Wildman–Crippen MR) is 129 cm³/mol. The maximum absolute atomic E-state index is 13.4. The van der Waals surface area contributed by atoms with Crippen molar-refractivity contribution >= 4 is 34.8 Å². The van der Waals surface area contributed by atoms with Crippen molar-refractivity contribution in [2.75, 3.05) is 28.6 Å². The van der Waals surface area contributed by atoms with Crippen LogP contribution in [0.1, 0.15) is 12.0 Å². The van der Waals surface area contributed by atoms with E-state index in [0.717, 1.165) is 5.56 Å². The normalized spacial score (nSPS) is 10.3. The van der Waals surface area contributed by atoms with E-state index < -0.39 is 16.8 Å². The van der Waals surface area contributed by atoms with Gasteiger partial charge in [-0.05, 0) is 61.4 Å². The summed E-state index contributed by atoms with van der Waals surface area (Å²) in [4.78, 5) is 36.8. The molecule has 3 rings (SSSR count). The lowest BCUT2D eigenvalue weighted by molar-refractivity contribution is -0.384. The second kappa shape index (κ2) is 11.4. The van der Waals surface area contributed by atoms with Crippen LogP contribution in [0.3, 0.4) is 0 Å². The number of hydrogen-bond donors (Lipinski definition) is 3. The number of carbonyl (C=O) groups excluding carboxylic acids is 2. The molecule has 3 N–H and O–H groups in total. The molecule has 0 saturated carbocycles. The molecule has 0 atom stereocenters. The van der Waals surface area contributed by atoms with Gasteiger partial charge >= 0.3 is 12.1 Å². The number of urea groups is 2. The third-order valence-corrected chi connectivity index (χ3v) is 4.95. The quantitative estimate of drug-likeness (QED) is 0.238. The van der Waals surface area contributed by atoms with Crippen molar-refractivity contribution in [3.63, 3.8) is 0 Å². The number of non-ortho nitro benzene ring substituents is 1. The van der Waals surface area contributed by atoms with Crippen molar-refractivity contribution in [3.8, 4) is 0 Å². The monoisotopic (exact) mass is 465 g/mol. The third-order valence-electron chi connectivity index (χ3n) is 4.95. The van der Waals surface area contributed by atoms with Gasteiger partial charge in [0.2, 0.25) is 0 Å². The summed E-state index contributed by atoms with van der Waals surface area (Å²) in [6.45, 7) is 2.41. The first-order valence-corrected chi connectivity index (χ1v) is 10.5. The first kappa shape index (κ1) is 24.2. The molecule has 34 heavy (non-hydrogen) atoms. The number of nitro groups is 1. The van der Waals surface area contributed by atoms with Crippen LogP contribution in [0.5, 0.6) is 0 Å². The van der Waals surface area contributed by atoms with Gasteiger partial charge in [0.1, 0.15) is 5.82 Å². The van der Waals surface area contributed by atoms with Crippen LogP contribution >= 0.6 is 0 Å². The Morgan fingerprint density at radius 1 is 0.971 bits per heavy atom. The number of aryl methyl sites for hydroxylation is 1. The average Bonchev–Trinajstić information content (AvgIpc) is 2.81. The van der Waals surface area contributed by atoms with Crippen molar-refractivity contribution < 1.29 is 18.9 Å². The van der Waals surface area contributed by atoms with Gasteiger partial charge < -0.3 is 16.0 Å². The zero-order chi connectivity index (χ0) is 24.5. The molecule has 0 bridgehead atoms. The van der Waals surface area contributed by atoms with Crippen molar-refractivity contribution in [1.82, 2.24) is 5.32 Å². The van der Waals surface area contributed by atoms with Crippen molar-refractivity contribution in [2.45, 2.75) is 13.3 Å². The van der Waals surface area contributed by atoms with Crippen LogP contribution in [-0.2, 0) is 0 Å². The van der Waals surface area contributed by atoms with E-state index in [9.17, 15) is 24.1 Å². The molecule has 0 saturated heterocycles. The van der Waals surface area contributed by atoms with E-state index in [0.29, 0.717) is 30.0 Å². The van der Waals surface area contributed by atoms with E-state index in [2.05, 4.69) is 16.0 Å². The number of hydrogen-bond acceptors (Lipinski definition) is 4. The first-order chi connectivity index (χ1) is 16.3. The van der Waals surface area contributed by atoms with Crippen LogP contribution in [0.25, 0.3) is 0 Å². The minimum atomic E-state index is -0.529. The molecule has 0 spiro atoms. The number of carbonyl (C=O) groups is 2. The van der Waals surface area contributed by atoms with Crippen LogP contribution in [0.2, 0.25) is 0 Å². The number of nitro benzene ring substituents is 1. The second-order valence-electron chi connectivity index (χ2n) is 7.41. The van der Waals surface area contributed by atoms with Gasteiger partial charge in [-0.3, -0.25) is 15.0 Å². The largest absolute Gasteiger partial charge is 0.338 e. The van der Waals surface area contributed by atoms with Gasteiger partial charge in [0.25, 0.3) is 5.69 Å². The molecule has 0 aliphatic carbocycles. The number of halogens is 1. The van der Waals surface area contributed by atoms with E-state index >= 15 is 0 Å². The fraction of sp³-hybridized carbons (Fsp3) is 0.167. The number of rotatable bonds is 8. The number of nitrogens with zero attached hydrogens (tertiary/aromatic N) is 2. The Hall–Kier alpha value is -4.47. The van der Waals surface area contributed by atoms with Crippen LogP contribution in [0, 0.1) is 22.9 Å². The SMILES string of the molecule is Cc1ccccc1NC(=O)NCCCN(C(=O)Nc1ccc([N+](=O)[O-])cc1)c1ccc(F)cc1. The molecule has 3 aromatic carbocycles. The number of benzene rings is 3. The number of anilines is 3. The molecule has 0 aliphatic rings. The summed E-state index contributed by atoms with van der Waals surface area (Å²) in [5.74, 6) is -0.436. The van der Waals surface area contributed by atoms with Gasteiger partial charge in [0.15, 0.2) is 0 Å². The standard InChI is InChI=1S/C24H24FN5O4/c1-17-5-2-3-6-22(17)28-23(31)26-15-4-16-29(20-11-7-18(25)8-12-20)24(32)27-19-9-13-21(14-10-19)30(33)34/h2-3,5-14H,4,15-16H2,1H3,(H,27,32)(H2,26,28,31). The highest BCUT2D eigenvalue weighted by molar-refractivity contribution is 6.01. The zero-order valence-electron chi connectivity index (χ0n) is 18.5. The van der Waals surface area contributed by atoms with Crippen molar-refractivity contribution in [1.29, 1.82) is 0 Å². The molecular weight excluding hydrogens is 441 g/mol. The number of para-hydroxylation sites is 1. The Bertz CT molecular complexity index is 1150. The summed E-state index contributed by atoms with van der Waals surface area (Å²) in [7, 11) is 0. The molecule has 4 amide bonds. The first-order valence-electron chi connectivity index (χ1n) is 10.5. The Kier molecular flexibility index (Phi) is 8.11. The van der Waals surface area contributed by atoms with Gasteiger partial charge in [-0.2, -0.15) is 0 Å². The highest BCUT2D eigenvalue weighted by Gasteiger charge is 2.17. The van der Waals surface area contributed by atoms with E-state index in [-0.39, 0.29) is 18.3 Å². The van der Waals surface area contributed by atoms with Gasteiger partial charge in [0, 0.05) is 42.3 Å². The molecule has 0 radical (unpaired) electrons. The van der Waals surface area contributed by atoms with Crippen LogP contribution in [0.4, 0.5) is 36.7 Å². The Morgan fingerprint density at radius 2 is 1.65 bits per heavy atom. The summed E-state index contributed by atoms with van der Waals surface area (Å²) >= 11 is 0. The summed E-state index contributed by atoms with van der Waals surface area (Å²) in [6.07, 6.45) is 0.423. The number of nitrogens with one attached hydrogen (secondary N) is 3. The van der Waals surface area contributed by atoms with Crippen LogP contribution in [-0.4, -0.2) is 30.1 Å². The molecule has 0 aromatic heterocycles. The minimum Gasteiger partial charge on any atom is -0.338 e. The second-order valence-corrected chi connectivity index (χ2v) is 7.41. The van der Waals surface area contributed by atoms with Gasteiger partial charge in [-0.25, -0.2) is 14.0 Å². The lowest BCUT2D eigenvalue weighted by atomic mass is 10.2. The van der Waals surface area contributed by atoms with Crippen molar-refractivity contribution in [2.24, 2.45) is 0 Å². The Balaban J connectivity index is 1.60. The molecular formula is C24H24FN5O4. The van der Waals surface area contributed by atoms with Gasteiger partial charge in [-0.15, -0.1) is 0 Å². The smallest absolute Gasteiger partial charge is 0.326 e. The number of amides is 4. The van der Waals surface area contributed by atoms with E-state index in [1.807, 2.05) is 25.1 Å². The summed E-state index contributed by atoms with van der Waals surface area (Å²) in [6, 6.07) is 17.4. The summed E-state index contributed by atoms with van der Waals surface area (Å²) in [5, 5.41) is 19.0. The predicted octanol–water partition coefficient (Wildman–Crippen LogP) is 5.29. The van der Waals surface area contributed by atoms with Gasteiger partial charge in [0.05, 0.1) is 4.92 Å². The molecule has 176 valence electrons. The van der Waals surface area contributed by atoms with E-state index in [1.54, 1.807) is 6.07 Å². The van der Waals surface area contributed by atoms with Crippen LogP contribution < -0.4 is 20.9 Å². The molecule has 10 heteroatoms. The Morgan fingerprint density at radius 3 is 2.29 bits per heavy atom. The average molecular weight is 465 g/mol. The molecule has 9 nitrogen and oxygen atoms in total. The summed E-state index contributed by atoms with van der Waals surface area (Å²) in [5.41, 5.74) is 2.38. The maximum Gasteiger partial charge on any atom is 0.326 e. The third kappa shape index (κ3) is 6.76. The van der Waals surface area contributed by atoms with Crippen molar-refractivity contribution in [3.05, 3.63) is 94.3 Å². The van der Waals surface area contributed by atoms with Gasteiger partial charge in [-0.1, -0.05) is 18.2 Å². The lowest BCUT2D eigenvalue weighted by Crippen LogP contribution is -2.38. The van der Waals surface area contributed by atoms with E-state index in [4.69, 9.17) is 0 Å². The molecule has 3 aromatic rings. The molecule has 0 heterocycles. The molecule has 0 unspecified atom stereocenters. The Labute approximate surface area is 195 Å². The fourth-order valence-corrected chi connectivity index (χ4v) is 3.15. The van der Waals surface area contributed by atoms with E-state index in [1.165, 1.54) is 53.4 Å². The zero-order valence-corrected chi connectivity index (χ0v) is 18.5. The maximum atomic E-state index is 13.4. The highest BCUT2D eigenvalue weighted by atomic mass is 19.1.